The highest BCUT2D eigenvalue weighted by Crippen LogP contribution is 2.37. The van der Waals surface area contributed by atoms with Crippen molar-refractivity contribution in [1.29, 1.82) is 0 Å². The van der Waals surface area contributed by atoms with Crippen LogP contribution in [0.3, 0.4) is 0 Å². The molecule has 6 nitrogen and oxygen atoms in total. The molecule has 0 aliphatic rings. The van der Waals surface area contributed by atoms with Crippen molar-refractivity contribution < 1.29 is 18.8 Å². The lowest BCUT2D eigenvalue weighted by Crippen LogP contribution is -2.13. The van der Waals surface area contributed by atoms with Crippen molar-refractivity contribution in [2.75, 3.05) is 12.4 Å². The van der Waals surface area contributed by atoms with Gasteiger partial charge in [0.05, 0.1) is 19.2 Å². The number of thiophene rings is 1. The molecule has 2 aromatic heterocycles. The van der Waals surface area contributed by atoms with Gasteiger partial charge in [0.25, 0.3) is 5.91 Å². The second-order valence-electron chi connectivity index (χ2n) is 6.81. The number of aryl methyl sites for hydroxylation is 2. The maximum atomic E-state index is 12.9. The van der Waals surface area contributed by atoms with Crippen molar-refractivity contribution in [2.45, 2.75) is 18.7 Å². The van der Waals surface area contributed by atoms with Crippen LogP contribution in [0.5, 0.6) is 11.5 Å². The molecule has 0 aliphatic carbocycles. The molecule has 0 radical (unpaired) electrons. The normalized spacial score (nSPS) is 10.9. The lowest BCUT2D eigenvalue weighted by molar-refractivity contribution is -0.160. The minimum Gasteiger partial charge on any atom is -0.457 e. The molecule has 8 heteroatoms. The van der Waals surface area contributed by atoms with E-state index in [-0.39, 0.29) is 5.91 Å². The van der Waals surface area contributed by atoms with Gasteiger partial charge in [0.1, 0.15) is 17.3 Å². The highest BCUT2D eigenvalue weighted by Gasteiger charge is 2.15. The molecule has 0 fully saturated rings. The fraction of sp³-hybridized carbons (Fsp3) is 0.130. The number of nitrogens with one attached hydrogen (secondary N) is 1. The summed E-state index contributed by atoms with van der Waals surface area (Å²) in [5, 5.41) is 3.81. The van der Waals surface area contributed by atoms with E-state index in [4.69, 9.17) is 9.07 Å². The molecule has 1 N–H and O–H groups in total. The van der Waals surface area contributed by atoms with Crippen molar-refractivity contribution in [2.24, 2.45) is 0 Å². The Morgan fingerprint density at radius 1 is 1.06 bits per heavy atom. The molecule has 0 unspecified atom stereocenters. The van der Waals surface area contributed by atoms with E-state index in [2.05, 4.69) is 21.3 Å². The second kappa shape index (κ2) is 9.49. The predicted molar refractivity (Wildman–Crippen MR) is 124 cm³/mol. The van der Waals surface area contributed by atoms with E-state index in [1.54, 1.807) is 29.7 Å². The Morgan fingerprint density at radius 2 is 1.87 bits per heavy atom. The SMILES string of the molecule is COOSc1ccc(Oc2cc(C(=O)Nc3ccc(C)cn3)cc3sc(C)cc23)cc1. The zero-order valence-corrected chi connectivity index (χ0v) is 18.8. The topological polar surface area (TPSA) is 69.7 Å². The van der Waals surface area contributed by atoms with Crippen molar-refractivity contribution in [3.63, 3.8) is 0 Å². The Hall–Kier alpha value is -2.91. The Labute approximate surface area is 188 Å². The molecule has 0 bridgehead atoms. The number of carbonyl (C=O) groups excluding carboxylic acids is 1. The monoisotopic (exact) mass is 452 g/mol. The maximum Gasteiger partial charge on any atom is 0.257 e. The Bertz CT molecular complexity index is 1200. The average molecular weight is 453 g/mol. The van der Waals surface area contributed by atoms with Crippen LogP contribution < -0.4 is 10.1 Å². The van der Waals surface area contributed by atoms with Crippen LogP contribution in [-0.2, 0) is 9.22 Å². The molecule has 2 heterocycles. The minimum absolute atomic E-state index is 0.238. The first-order chi connectivity index (χ1) is 15.0. The van der Waals surface area contributed by atoms with Crippen LogP contribution in [0.4, 0.5) is 5.82 Å². The summed E-state index contributed by atoms with van der Waals surface area (Å²) in [6.07, 6.45) is 1.72. The van der Waals surface area contributed by atoms with Crippen LogP contribution >= 0.6 is 23.4 Å². The first-order valence-electron chi connectivity index (χ1n) is 9.45. The van der Waals surface area contributed by atoms with Crippen molar-refractivity contribution in [1.82, 2.24) is 4.98 Å². The quantitative estimate of drug-likeness (QED) is 0.195. The summed E-state index contributed by atoms with van der Waals surface area (Å²) in [4.78, 5) is 23.7. The summed E-state index contributed by atoms with van der Waals surface area (Å²) in [5.74, 6) is 1.55. The van der Waals surface area contributed by atoms with Gasteiger partial charge in [0, 0.05) is 31.6 Å². The molecule has 158 valence electrons. The first-order valence-corrected chi connectivity index (χ1v) is 11.0. The Balaban J connectivity index is 1.61. The van der Waals surface area contributed by atoms with Gasteiger partial charge in [-0.05, 0) is 67.9 Å². The second-order valence-corrected chi connectivity index (χ2v) is 8.87. The van der Waals surface area contributed by atoms with Gasteiger partial charge in [0.2, 0.25) is 0 Å². The van der Waals surface area contributed by atoms with Gasteiger partial charge in [-0.15, -0.1) is 11.3 Å². The summed E-state index contributed by atoms with van der Waals surface area (Å²) in [6, 6.07) is 16.8. The van der Waals surface area contributed by atoms with E-state index in [0.29, 0.717) is 22.9 Å². The lowest BCUT2D eigenvalue weighted by Gasteiger charge is -2.11. The third kappa shape index (κ3) is 5.23. The molecule has 4 rings (SSSR count). The molecular weight excluding hydrogens is 432 g/mol. The van der Waals surface area contributed by atoms with Gasteiger partial charge in [-0.2, -0.15) is 4.33 Å². The number of ether oxygens (including phenoxy) is 1. The summed E-state index contributed by atoms with van der Waals surface area (Å²) in [6.45, 7) is 3.98. The molecule has 2 aromatic carbocycles. The molecule has 0 spiro atoms. The number of anilines is 1. The highest BCUT2D eigenvalue weighted by atomic mass is 32.2. The highest BCUT2D eigenvalue weighted by molar-refractivity contribution is 7.94. The van der Waals surface area contributed by atoms with E-state index in [1.807, 2.05) is 50.2 Å². The van der Waals surface area contributed by atoms with Gasteiger partial charge in [-0.25, -0.2) is 9.87 Å². The standard InChI is InChI=1S/C23H20N2O4S2/c1-14-4-9-22(24-13-14)25-23(26)16-11-20(19-10-15(2)30-21(19)12-16)28-17-5-7-18(8-6-17)31-29-27-3/h4-13H,1-3H3,(H,24,25,26). The number of fused-ring (bicyclic) bond motifs is 1. The van der Waals surface area contributed by atoms with Gasteiger partial charge >= 0.3 is 0 Å². The van der Waals surface area contributed by atoms with Crippen LogP contribution in [0.1, 0.15) is 20.8 Å². The molecular formula is C23H20N2O4S2. The average Bonchev–Trinajstić information content (AvgIpc) is 3.15. The zero-order valence-electron chi connectivity index (χ0n) is 17.2. The number of benzene rings is 2. The number of pyridine rings is 1. The molecule has 0 aliphatic heterocycles. The molecule has 4 aromatic rings. The van der Waals surface area contributed by atoms with Crippen molar-refractivity contribution >= 4 is 45.2 Å². The smallest absolute Gasteiger partial charge is 0.257 e. The third-order valence-electron chi connectivity index (χ3n) is 4.39. The first kappa shape index (κ1) is 21.3. The van der Waals surface area contributed by atoms with E-state index >= 15 is 0 Å². The van der Waals surface area contributed by atoms with E-state index in [9.17, 15) is 4.79 Å². The number of nitrogens with zero attached hydrogens (tertiary/aromatic N) is 1. The molecule has 0 saturated carbocycles. The van der Waals surface area contributed by atoms with Gasteiger partial charge < -0.3 is 10.1 Å². The van der Waals surface area contributed by atoms with Crippen LogP contribution in [0.25, 0.3) is 10.1 Å². The van der Waals surface area contributed by atoms with Gasteiger partial charge in [0.15, 0.2) is 0 Å². The summed E-state index contributed by atoms with van der Waals surface area (Å²) < 4.78 is 12.0. The lowest BCUT2D eigenvalue weighted by atomic mass is 10.1. The Kier molecular flexibility index (Phi) is 6.53. The fourth-order valence-electron chi connectivity index (χ4n) is 2.94. The number of amides is 1. The third-order valence-corrected chi connectivity index (χ3v) is 6.05. The van der Waals surface area contributed by atoms with E-state index in [0.717, 1.165) is 37.5 Å². The molecule has 0 saturated heterocycles. The number of carbonyl (C=O) groups is 1. The zero-order chi connectivity index (χ0) is 21.8. The van der Waals surface area contributed by atoms with E-state index < -0.39 is 0 Å². The summed E-state index contributed by atoms with van der Waals surface area (Å²) in [7, 11) is 1.45. The molecule has 31 heavy (non-hydrogen) atoms. The number of hydrogen-bond donors (Lipinski definition) is 1. The largest absolute Gasteiger partial charge is 0.457 e. The summed E-state index contributed by atoms with van der Waals surface area (Å²) >= 11 is 2.73. The van der Waals surface area contributed by atoms with Crippen LogP contribution in [0.2, 0.25) is 0 Å². The van der Waals surface area contributed by atoms with Crippen LogP contribution in [0.15, 0.2) is 65.7 Å². The van der Waals surface area contributed by atoms with Gasteiger partial charge in [-0.3, -0.25) is 4.79 Å². The van der Waals surface area contributed by atoms with Crippen molar-refractivity contribution in [3.8, 4) is 11.5 Å². The number of aromatic nitrogens is 1. The predicted octanol–water partition coefficient (Wildman–Crippen LogP) is 6.54. The molecule has 0 atom stereocenters. The minimum atomic E-state index is -0.238. The number of hydrogen-bond acceptors (Lipinski definition) is 7. The molecule has 1 amide bonds. The van der Waals surface area contributed by atoms with E-state index in [1.165, 1.54) is 7.11 Å². The van der Waals surface area contributed by atoms with Crippen molar-refractivity contribution in [3.05, 3.63) is 76.8 Å². The Morgan fingerprint density at radius 3 is 2.58 bits per heavy atom. The number of rotatable bonds is 7. The maximum absolute atomic E-state index is 12.9. The summed E-state index contributed by atoms with van der Waals surface area (Å²) in [5.41, 5.74) is 1.54. The van der Waals surface area contributed by atoms with Crippen LogP contribution in [0, 0.1) is 13.8 Å². The van der Waals surface area contributed by atoms with Crippen LogP contribution in [-0.4, -0.2) is 18.0 Å². The fourth-order valence-corrected chi connectivity index (χ4v) is 4.32. The van der Waals surface area contributed by atoms with Gasteiger partial charge in [-0.1, -0.05) is 6.07 Å².